The maximum absolute atomic E-state index is 13.3. The van der Waals surface area contributed by atoms with Gasteiger partial charge in [-0.3, -0.25) is 4.79 Å². The van der Waals surface area contributed by atoms with Gasteiger partial charge in [-0.25, -0.2) is 5.01 Å². The minimum Gasteiger partial charge on any atom is -0.460 e. The minimum absolute atomic E-state index is 0.156. The molecule has 2 unspecified atom stereocenters. The number of furan rings is 1. The van der Waals surface area contributed by atoms with Crippen LogP contribution in [0.1, 0.15) is 35.1 Å². The van der Waals surface area contributed by atoms with Crippen molar-refractivity contribution in [3.63, 3.8) is 0 Å². The van der Waals surface area contributed by atoms with Crippen molar-refractivity contribution in [2.45, 2.75) is 25.1 Å². The third-order valence-electron chi connectivity index (χ3n) is 5.70. The number of ether oxygens (including phenoxy) is 1. The Morgan fingerprint density at radius 1 is 1.21 bits per heavy atom. The highest BCUT2D eigenvalue weighted by Gasteiger charge is 2.61. The first kappa shape index (κ1) is 16.7. The molecule has 2 aromatic carbocycles. The summed E-state index contributed by atoms with van der Waals surface area (Å²) in [6.07, 6.45) is 0.609. The van der Waals surface area contributed by atoms with Gasteiger partial charge in [-0.1, -0.05) is 29.8 Å². The van der Waals surface area contributed by atoms with Crippen LogP contribution in [0, 0.1) is 6.92 Å². The summed E-state index contributed by atoms with van der Waals surface area (Å²) >= 11 is 6.28. The number of hydrogen-bond donors (Lipinski definition) is 1. The smallest absolute Gasteiger partial charge is 0.306 e. The fraction of sp³-hybridized carbons (Fsp3) is 0.182. The monoisotopic (exact) mass is 405 g/mol. The molecule has 2 atom stereocenters. The number of aryl methyl sites for hydroxylation is 1. The van der Waals surface area contributed by atoms with E-state index < -0.39 is 5.72 Å². The van der Waals surface area contributed by atoms with Gasteiger partial charge in [0.2, 0.25) is 0 Å². The van der Waals surface area contributed by atoms with E-state index in [1.165, 1.54) is 0 Å². The van der Waals surface area contributed by atoms with Crippen molar-refractivity contribution in [1.82, 2.24) is 5.01 Å². The van der Waals surface area contributed by atoms with Crippen molar-refractivity contribution in [1.29, 1.82) is 0 Å². The average Bonchev–Trinajstić information content (AvgIpc) is 3.40. The number of carbonyl (C=O) groups is 1. The SMILES string of the molecule is Cc1ccc(C2=NN3C(C2)c2ccccc2OC32C(=O)Nc3ccc(Cl)cc32)o1. The summed E-state index contributed by atoms with van der Waals surface area (Å²) in [6, 6.07) is 16.7. The number of halogens is 1. The van der Waals surface area contributed by atoms with Crippen LogP contribution in [0.4, 0.5) is 5.69 Å². The molecule has 3 aliphatic heterocycles. The van der Waals surface area contributed by atoms with E-state index in [0.717, 1.165) is 17.0 Å². The lowest BCUT2D eigenvalue weighted by Gasteiger charge is -2.43. The molecule has 6 nitrogen and oxygen atoms in total. The van der Waals surface area contributed by atoms with Gasteiger partial charge in [0.05, 0.1) is 17.3 Å². The van der Waals surface area contributed by atoms with Gasteiger partial charge < -0.3 is 14.5 Å². The fourth-order valence-corrected chi connectivity index (χ4v) is 4.57. The second-order valence-electron chi connectivity index (χ2n) is 7.45. The molecule has 0 fully saturated rings. The van der Waals surface area contributed by atoms with E-state index in [0.29, 0.717) is 34.2 Å². The van der Waals surface area contributed by atoms with Crippen LogP contribution in [0.25, 0.3) is 0 Å². The van der Waals surface area contributed by atoms with Crippen molar-refractivity contribution in [2.24, 2.45) is 5.10 Å². The third-order valence-corrected chi connectivity index (χ3v) is 5.93. The zero-order valence-corrected chi connectivity index (χ0v) is 16.2. The first-order valence-corrected chi connectivity index (χ1v) is 9.77. The van der Waals surface area contributed by atoms with E-state index in [1.807, 2.05) is 43.3 Å². The Hall–Kier alpha value is -3.25. The number of para-hydroxylation sites is 1. The van der Waals surface area contributed by atoms with Crippen LogP contribution in [0.15, 0.2) is 64.1 Å². The van der Waals surface area contributed by atoms with Gasteiger partial charge in [0.25, 0.3) is 5.91 Å². The molecule has 0 saturated heterocycles. The molecule has 29 heavy (non-hydrogen) atoms. The van der Waals surface area contributed by atoms with Crippen LogP contribution in [-0.4, -0.2) is 16.6 Å². The number of hydrogen-bond acceptors (Lipinski definition) is 5. The molecule has 0 aliphatic carbocycles. The Bertz CT molecular complexity index is 1220. The molecule has 1 N–H and O–H groups in total. The summed E-state index contributed by atoms with van der Waals surface area (Å²) in [7, 11) is 0. The molecule has 1 aromatic heterocycles. The number of nitrogens with zero attached hydrogens (tertiary/aromatic N) is 2. The summed E-state index contributed by atoms with van der Waals surface area (Å²) in [5.41, 5.74) is 1.70. The van der Waals surface area contributed by atoms with Gasteiger partial charge >= 0.3 is 5.72 Å². The number of anilines is 1. The summed E-state index contributed by atoms with van der Waals surface area (Å²) in [5.74, 6) is 1.91. The van der Waals surface area contributed by atoms with E-state index in [-0.39, 0.29) is 11.9 Å². The second kappa shape index (κ2) is 5.64. The molecule has 6 rings (SSSR count). The normalized spacial score (nSPS) is 23.9. The third kappa shape index (κ3) is 2.17. The zero-order chi connectivity index (χ0) is 19.8. The van der Waals surface area contributed by atoms with Crippen molar-refractivity contribution < 1.29 is 13.9 Å². The maximum atomic E-state index is 13.3. The van der Waals surface area contributed by atoms with Crippen LogP contribution >= 0.6 is 11.6 Å². The number of hydrazone groups is 1. The predicted molar refractivity (Wildman–Crippen MR) is 108 cm³/mol. The van der Waals surface area contributed by atoms with E-state index in [9.17, 15) is 4.79 Å². The largest absolute Gasteiger partial charge is 0.460 e. The number of fused-ring (bicyclic) bond motifs is 6. The second-order valence-corrected chi connectivity index (χ2v) is 7.89. The molecule has 7 heteroatoms. The Balaban J connectivity index is 1.59. The van der Waals surface area contributed by atoms with Crippen molar-refractivity contribution in [3.8, 4) is 5.75 Å². The van der Waals surface area contributed by atoms with Crippen molar-refractivity contribution in [2.75, 3.05) is 5.32 Å². The molecule has 4 heterocycles. The molecule has 3 aromatic rings. The van der Waals surface area contributed by atoms with E-state index in [1.54, 1.807) is 23.2 Å². The van der Waals surface area contributed by atoms with Crippen LogP contribution in [0.3, 0.4) is 0 Å². The van der Waals surface area contributed by atoms with Gasteiger partial charge in [0.1, 0.15) is 23.0 Å². The number of amides is 1. The van der Waals surface area contributed by atoms with Crippen LogP contribution in [0.2, 0.25) is 5.02 Å². The molecule has 0 saturated carbocycles. The zero-order valence-electron chi connectivity index (χ0n) is 15.5. The van der Waals surface area contributed by atoms with Crippen LogP contribution in [-0.2, 0) is 10.5 Å². The quantitative estimate of drug-likeness (QED) is 0.643. The lowest BCUT2D eigenvalue weighted by molar-refractivity contribution is -0.161. The van der Waals surface area contributed by atoms with Crippen LogP contribution < -0.4 is 10.1 Å². The Morgan fingerprint density at radius 2 is 2.07 bits per heavy atom. The first-order valence-electron chi connectivity index (χ1n) is 9.39. The molecule has 0 radical (unpaired) electrons. The highest BCUT2D eigenvalue weighted by molar-refractivity contribution is 6.31. The van der Waals surface area contributed by atoms with Gasteiger partial charge in [-0.2, -0.15) is 5.10 Å². The van der Waals surface area contributed by atoms with E-state index >= 15 is 0 Å². The summed E-state index contributed by atoms with van der Waals surface area (Å²) in [6.45, 7) is 1.90. The first-order chi connectivity index (χ1) is 14.1. The lowest BCUT2D eigenvalue weighted by atomic mass is 9.93. The number of rotatable bonds is 1. The summed E-state index contributed by atoms with van der Waals surface area (Å²) < 4.78 is 12.2. The molecule has 3 aliphatic rings. The van der Waals surface area contributed by atoms with E-state index in [2.05, 4.69) is 5.32 Å². The average molecular weight is 406 g/mol. The Labute approximate surface area is 171 Å². The Morgan fingerprint density at radius 3 is 2.90 bits per heavy atom. The standard InChI is InChI=1S/C22H16ClN3O3/c1-12-6-9-20(28-12)17-11-18-14-4-2-3-5-19(14)29-22(26(18)25-17)15-10-13(23)7-8-16(15)24-21(22)27/h2-10,18H,11H2,1H3,(H,24,27). The lowest BCUT2D eigenvalue weighted by Crippen LogP contribution is -2.55. The van der Waals surface area contributed by atoms with Crippen molar-refractivity contribution >= 4 is 28.9 Å². The summed E-state index contributed by atoms with van der Waals surface area (Å²) in [4.78, 5) is 13.3. The van der Waals surface area contributed by atoms with Gasteiger partial charge in [-0.05, 0) is 43.3 Å². The summed E-state index contributed by atoms with van der Waals surface area (Å²) in [5, 5.41) is 10.1. The number of nitrogens with one attached hydrogen (secondary N) is 1. The number of benzene rings is 2. The molecule has 144 valence electrons. The maximum Gasteiger partial charge on any atom is 0.306 e. The molecular formula is C22H16ClN3O3. The van der Waals surface area contributed by atoms with Crippen molar-refractivity contribution in [3.05, 3.63) is 82.3 Å². The fourth-order valence-electron chi connectivity index (χ4n) is 4.40. The molecule has 1 amide bonds. The molecular weight excluding hydrogens is 390 g/mol. The number of carbonyl (C=O) groups excluding carboxylic acids is 1. The minimum atomic E-state index is -1.41. The molecule has 1 spiro atoms. The van der Waals surface area contributed by atoms with Gasteiger partial charge in [0.15, 0.2) is 0 Å². The highest BCUT2D eigenvalue weighted by atomic mass is 35.5. The van der Waals surface area contributed by atoms with Gasteiger partial charge in [0, 0.05) is 17.0 Å². The highest BCUT2D eigenvalue weighted by Crippen LogP contribution is 2.54. The van der Waals surface area contributed by atoms with E-state index in [4.69, 9.17) is 25.9 Å². The topological polar surface area (TPSA) is 67.1 Å². The molecule has 0 bridgehead atoms. The van der Waals surface area contributed by atoms with Crippen LogP contribution in [0.5, 0.6) is 5.75 Å². The Kier molecular flexibility index (Phi) is 3.24. The van der Waals surface area contributed by atoms with Gasteiger partial charge in [-0.15, -0.1) is 0 Å². The predicted octanol–water partition coefficient (Wildman–Crippen LogP) is 4.59.